The number of hydrogen-bond acceptors (Lipinski definition) is 4. The van der Waals surface area contributed by atoms with Crippen molar-refractivity contribution in [2.45, 2.75) is 4.90 Å². The SMILES string of the molecule is NS(=O)(=O)c1ccccc1-n1nc(-c2ccc(Cl)cc2)cc1-c1ccoc1. The van der Waals surface area contributed by atoms with E-state index in [1.165, 1.54) is 6.07 Å². The highest BCUT2D eigenvalue weighted by Crippen LogP contribution is 2.31. The van der Waals surface area contributed by atoms with Crippen molar-refractivity contribution in [1.29, 1.82) is 0 Å². The third kappa shape index (κ3) is 3.40. The number of nitrogens with zero attached hydrogens (tertiary/aromatic N) is 2. The number of para-hydroxylation sites is 1. The van der Waals surface area contributed by atoms with Gasteiger partial charge >= 0.3 is 0 Å². The zero-order valence-electron chi connectivity index (χ0n) is 13.9. The molecule has 2 aromatic heterocycles. The van der Waals surface area contributed by atoms with Crippen LogP contribution in [0.25, 0.3) is 28.2 Å². The molecular formula is C19H14ClN3O3S. The lowest BCUT2D eigenvalue weighted by molar-refractivity contribution is 0.568. The first kappa shape index (κ1) is 17.5. The van der Waals surface area contributed by atoms with Gasteiger partial charge in [0.2, 0.25) is 10.0 Å². The Morgan fingerprint density at radius 3 is 2.41 bits per heavy atom. The number of nitrogens with two attached hydrogens (primary N) is 1. The second kappa shape index (κ2) is 6.70. The van der Waals surface area contributed by atoms with Gasteiger partial charge in [-0.25, -0.2) is 18.2 Å². The van der Waals surface area contributed by atoms with E-state index in [2.05, 4.69) is 5.10 Å². The summed E-state index contributed by atoms with van der Waals surface area (Å²) in [5, 5.41) is 10.6. The summed E-state index contributed by atoms with van der Waals surface area (Å²) in [6.45, 7) is 0. The number of sulfonamides is 1. The molecule has 4 rings (SSSR count). The van der Waals surface area contributed by atoms with Gasteiger partial charge in [0.15, 0.2) is 0 Å². The van der Waals surface area contributed by atoms with Crippen LogP contribution in [0.15, 0.2) is 82.5 Å². The van der Waals surface area contributed by atoms with Crippen molar-refractivity contribution < 1.29 is 12.8 Å². The first-order chi connectivity index (χ1) is 12.9. The Labute approximate surface area is 160 Å². The normalized spacial score (nSPS) is 11.6. The van der Waals surface area contributed by atoms with Gasteiger partial charge in [0, 0.05) is 16.1 Å². The van der Waals surface area contributed by atoms with Crippen LogP contribution >= 0.6 is 11.6 Å². The van der Waals surface area contributed by atoms with Crippen molar-refractivity contribution in [2.75, 3.05) is 0 Å². The van der Waals surface area contributed by atoms with E-state index < -0.39 is 10.0 Å². The quantitative estimate of drug-likeness (QED) is 0.559. The van der Waals surface area contributed by atoms with Crippen molar-refractivity contribution >= 4 is 21.6 Å². The average Bonchev–Trinajstić information content (AvgIpc) is 3.31. The fraction of sp³-hybridized carbons (Fsp3) is 0. The molecule has 0 bridgehead atoms. The summed E-state index contributed by atoms with van der Waals surface area (Å²) in [4.78, 5) is -0.0134. The topological polar surface area (TPSA) is 91.1 Å². The van der Waals surface area contributed by atoms with E-state index in [9.17, 15) is 8.42 Å². The Bertz CT molecular complexity index is 1200. The van der Waals surface area contributed by atoms with Crippen molar-refractivity contribution in [2.24, 2.45) is 5.14 Å². The Kier molecular flexibility index (Phi) is 4.35. The Morgan fingerprint density at radius 1 is 1.00 bits per heavy atom. The summed E-state index contributed by atoms with van der Waals surface area (Å²) in [6, 6.07) is 17.3. The maximum atomic E-state index is 12.0. The van der Waals surface area contributed by atoms with Gasteiger partial charge in [-0.2, -0.15) is 5.10 Å². The highest BCUT2D eigenvalue weighted by atomic mass is 35.5. The number of halogens is 1. The summed E-state index contributed by atoms with van der Waals surface area (Å²) in [5.41, 5.74) is 3.29. The molecule has 0 saturated heterocycles. The van der Waals surface area contributed by atoms with E-state index in [1.807, 2.05) is 18.2 Å². The monoisotopic (exact) mass is 399 g/mol. The summed E-state index contributed by atoms with van der Waals surface area (Å²) in [5.74, 6) is 0. The maximum absolute atomic E-state index is 12.0. The Hall–Kier alpha value is -2.87. The van der Waals surface area contributed by atoms with Crippen LogP contribution < -0.4 is 5.14 Å². The highest BCUT2D eigenvalue weighted by Gasteiger charge is 2.20. The molecule has 2 aromatic carbocycles. The molecule has 0 unspecified atom stereocenters. The number of furan rings is 1. The molecule has 27 heavy (non-hydrogen) atoms. The van der Waals surface area contributed by atoms with E-state index in [0.717, 1.165) is 11.1 Å². The lowest BCUT2D eigenvalue weighted by Crippen LogP contribution is -2.16. The molecule has 136 valence electrons. The van der Waals surface area contributed by atoms with Crippen LogP contribution in [-0.4, -0.2) is 18.2 Å². The van der Waals surface area contributed by atoms with Gasteiger partial charge in [-0.15, -0.1) is 0 Å². The van der Waals surface area contributed by atoms with E-state index in [1.54, 1.807) is 53.6 Å². The van der Waals surface area contributed by atoms with Gasteiger partial charge in [0.1, 0.15) is 4.90 Å². The zero-order valence-corrected chi connectivity index (χ0v) is 15.5. The van der Waals surface area contributed by atoms with Gasteiger partial charge in [-0.3, -0.25) is 0 Å². The van der Waals surface area contributed by atoms with E-state index in [0.29, 0.717) is 22.1 Å². The van der Waals surface area contributed by atoms with Gasteiger partial charge in [0.25, 0.3) is 0 Å². The van der Waals surface area contributed by atoms with E-state index >= 15 is 0 Å². The van der Waals surface area contributed by atoms with Gasteiger partial charge < -0.3 is 4.42 Å². The molecular weight excluding hydrogens is 386 g/mol. The summed E-state index contributed by atoms with van der Waals surface area (Å²) < 4.78 is 30.8. The Balaban J connectivity index is 1.97. The standard InChI is InChI=1S/C19H14ClN3O3S/c20-15-7-5-13(6-8-15)16-11-18(14-9-10-26-12-14)23(22-16)17-3-1-2-4-19(17)27(21,24)25/h1-12H,(H2,21,24,25). The fourth-order valence-electron chi connectivity index (χ4n) is 2.82. The molecule has 0 radical (unpaired) electrons. The summed E-state index contributed by atoms with van der Waals surface area (Å²) in [6.07, 6.45) is 3.11. The zero-order chi connectivity index (χ0) is 19.0. The molecule has 0 saturated carbocycles. The largest absolute Gasteiger partial charge is 0.472 e. The second-order valence-corrected chi connectivity index (χ2v) is 7.82. The average molecular weight is 400 g/mol. The smallest absolute Gasteiger partial charge is 0.240 e. The summed E-state index contributed by atoms with van der Waals surface area (Å²) >= 11 is 5.97. The third-order valence-electron chi connectivity index (χ3n) is 4.07. The van der Waals surface area contributed by atoms with Gasteiger partial charge in [-0.1, -0.05) is 35.9 Å². The lowest BCUT2D eigenvalue weighted by Gasteiger charge is -2.10. The van der Waals surface area contributed by atoms with Crippen molar-refractivity contribution in [3.05, 3.63) is 78.2 Å². The van der Waals surface area contributed by atoms with Crippen molar-refractivity contribution in [3.8, 4) is 28.2 Å². The number of aromatic nitrogens is 2. The first-order valence-corrected chi connectivity index (χ1v) is 9.87. The fourth-order valence-corrected chi connectivity index (χ4v) is 3.66. The predicted molar refractivity (Wildman–Crippen MR) is 103 cm³/mol. The minimum absolute atomic E-state index is 0.0134. The van der Waals surface area contributed by atoms with Crippen LogP contribution in [-0.2, 0) is 10.0 Å². The van der Waals surface area contributed by atoms with Gasteiger partial charge in [0.05, 0.1) is 29.6 Å². The summed E-state index contributed by atoms with van der Waals surface area (Å²) in [7, 11) is -3.93. The molecule has 6 nitrogen and oxygen atoms in total. The van der Waals surface area contributed by atoms with Gasteiger partial charge in [-0.05, 0) is 36.4 Å². The minimum atomic E-state index is -3.93. The lowest BCUT2D eigenvalue weighted by atomic mass is 10.1. The molecule has 0 atom stereocenters. The number of hydrogen-bond donors (Lipinski definition) is 1. The Morgan fingerprint density at radius 2 is 1.74 bits per heavy atom. The van der Waals surface area contributed by atoms with Crippen LogP contribution in [0.4, 0.5) is 0 Å². The first-order valence-electron chi connectivity index (χ1n) is 7.94. The molecule has 2 N–H and O–H groups in total. The van der Waals surface area contributed by atoms with E-state index in [4.69, 9.17) is 21.2 Å². The number of rotatable bonds is 4. The molecule has 0 aliphatic heterocycles. The molecule has 4 aromatic rings. The minimum Gasteiger partial charge on any atom is -0.472 e. The molecule has 2 heterocycles. The third-order valence-corrected chi connectivity index (χ3v) is 5.28. The number of primary sulfonamides is 1. The number of benzene rings is 2. The molecule has 0 fully saturated rings. The highest BCUT2D eigenvalue weighted by molar-refractivity contribution is 7.89. The maximum Gasteiger partial charge on any atom is 0.240 e. The molecule has 0 aliphatic rings. The molecule has 0 spiro atoms. The molecule has 0 aliphatic carbocycles. The molecule has 0 amide bonds. The van der Waals surface area contributed by atoms with E-state index in [-0.39, 0.29) is 4.90 Å². The molecule has 8 heteroatoms. The van der Waals surface area contributed by atoms with Crippen molar-refractivity contribution in [1.82, 2.24) is 9.78 Å². The van der Waals surface area contributed by atoms with Crippen LogP contribution in [0.1, 0.15) is 0 Å². The van der Waals surface area contributed by atoms with Crippen LogP contribution in [0, 0.1) is 0 Å². The predicted octanol–water partition coefficient (Wildman–Crippen LogP) is 4.10. The van der Waals surface area contributed by atoms with Crippen LogP contribution in [0.5, 0.6) is 0 Å². The van der Waals surface area contributed by atoms with Crippen molar-refractivity contribution in [3.63, 3.8) is 0 Å². The van der Waals surface area contributed by atoms with Crippen LogP contribution in [0.3, 0.4) is 0 Å². The van der Waals surface area contributed by atoms with Crippen LogP contribution in [0.2, 0.25) is 5.02 Å². The second-order valence-electron chi connectivity index (χ2n) is 5.86.